The summed E-state index contributed by atoms with van der Waals surface area (Å²) in [6.45, 7) is 13.9. The summed E-state index contributed by atoms with van der Waals surface area (Å²) in [6.07, 6.45) is 8.37. The van der Waals surface area contributed by atoms with Gasteiger partial charge in [-0.3, -0.25) is 0 Å². The summed E-state index contributed by atoms with van der Waals surface area (Å²) in [5.74, 6) is 1.74. The highest BCUT2D eigenvalue weighted by molar-refractivity contribution is 5.21. The highest BCUT2D eigenvalue weighted by Crippen LogP contribution is 2.34. The van der Waals surface area contributed by atoms with Gasteiger partial charge in [-0.05, 0) is 61.3 Å². The Kier molecular flexibility index (Phi) is 9.50. The summed E-state index contributed by atoms with van der Waals surface area (Å²) in [6, 6.07) is 11.0. The molecule has 3 atom stereocenters. The highest BCUT2D eigenvalue weighted by atomic mass is 16.3. The molecule has 1 aromatic rings. The molecule has 3 unspecified atom stereocenters. The van der Waals surface area contributed by atoms with Crippen LogP contribution in [0.4, 0.5) is 0 Å². The van der Waals surface area contributed by atoms with Crippen molar-refractivity contribution in [1.29, 1.82) is 0 Å². The maximum atomic E-state index is 9.43. The van der Waals surface area contributed by atoms with Crippen LogP contribution >= 0.6 is 0 Å². The molecule has 0 fully saturated rings. The van der Waals surface area contributed by atoms with Crippen molar-refractivity contribution in [3.63, 3.8) is 0 Å². The van der Waals surface area contributed by atoms with E-state index in [1.807, 2.05) is 0 Å². The van der Waals surface area contributed by atoms with Gasteiger partial charge in [0, 0.05) is 6.61 Å². The zero-order valence-electron chi connectivity index (χ0n) is 17.4. The first-order valence-electron chi connectivity index (χ1n) is 10.1. The summed E-state index contributed by atoms with van der Waals surface area (Å²) >= 11 is 0. The third kappa shape index (κ3) is 7.77. The van der Waals surface area contributed by atoms with Crippen LogP contribution in [0.2, 0.25) is 0 Å². The Hall–Kier alpha value is -1.08. The Morgan fingerprint density at radius 2 is 1.80 bits per heavy atom. The van der Waals surface area contributed by atoms with Crippen LogP contribution in [0.1, 0.15) is 85.1 Å². The van der Waals surface area contributed by atoms with Crippen molar-refractivity contribution < 1.29 is 5.11 Å². The van der Waals surface area contributed by atoms with E-state index in [2.05, 4.69) is 78.0 Å². The second kappa shape index (κ2) is 10.8. The van der Waals surface area contributed by atoms with E-state index in [0.717, 1.165) is 25.2 Å². The van der Waals surface area contributed by atoms with Crippen molar-refractivity contribution in [3.05, 3.63) is 47.5 Å². The van der Waals surface area contributed by atoms with Gasteiger partial charge in [-0.25, -0.2) is 0 Å². The Balaban J connectivity index is 2.69. The van der Waals surface area contributed by atoms with E-state index in [4.69, 9.17) is 0 Å². The lowest BCUT2D eigenvalue weighted by atomic mass is 9.76. The standard InChI is InChI=1S/C24H40O/c1-7-19(2)17-23(22-11-9-8-10-12-22)14-13-20(3)15-16-24(5,6)21(4)18-25/h8-13,19,21,23,25H,7,14-18H2,1-6H3/b20-13+. The molecule has 0 aliphatic rings. The first kappa shape index (κ1) is 22.0. The molecule has 1 rings (SSSR count). The molecule has 1 heteroatoms. The topological polar surface area (TPSA) is 20.2 Å². The number of hydrogen-bond donors (Lipinski definition) is 1. The monoisotopic (exact) mass is 344 g/mol. The first-order valence-corrected chi connectivity index (χ1v) is 10.1. The Morgan fingerprint density at radius 3 is 2.36 bits per heavy atom. The first-order chi connectivity index (χ1) is 11.8. The Labute approximate surface area is 156 Å². The SMILES string of the molecule is CCC(C)CC(C/C=C(\C)CCC(C)(C)C(C)CO)c1ccccc1. The van der Waals surface area contributed by atoms with E-state index in [1.54, 1.807) is 0 Å². The van der Waals surface area contributed by atoms with Crippen molar-refractivity contribution in [2.75, 3.05) is 6.61 Å². The maximum absolute atomic E-state index is 9.43. The minimum Gasteiger partial charge on any atom is -0.396 e. The molecule has 0 saturated heterocycles. The molecule has 1 nitrogen and oxygen atoms in total. The van der Waals surface area contributed by atoms with Crippen LogP contribution in [-0.4, -0.2) is 11.7 Å². The predicted molar refractivity (Wildman–Crippen MR) is 111 cm³/mol. The number of aliphatic hydroxyl groups is 1. The van der Waals surface area contributed by atoms with Gasteiger partial charge in [0.05, 0.1) is 0 Å². The van der Waals surface area contributed by atoms with Crippen LogP contribution in [0.15, 0.2) is 42.0 Å². The van der Waals surface area contributed by atoms with Gasteiger partial charge in [0.15, 0.2) is 0 Å². The van der Waals surface area contributed by atoms with Gasteiger partial charge in [0.25, 0.3) is 0 Å². The average molecular weight is 345 g/mol. The van der Waals surface area contributed by atoms with Crippen LogP contribution in [0, 0.1) is 17.3 Å². The van der Waals surface area contributed by atoms with Gasteiger partial charge < -0.3 is 5.11 Å². The number of allylic oxidation sites excluding steroid dienone is 2. The molecule has 0 aliphatic carbocycles. The maximum Gasteiger partial charge on any atom is 0.0461 e. The smallest absolute Gasteiger partial charge is 0.0461 e. The summed E-state index contributed by atoms with van der Waals surface area (Å²) in [5, 5.41) is 9.43. The second-order valence-corrected chi connectivity index (χ2v) is 8.72. The predicted octanol–water partition coefficient (Wildman–Crippen LogP) is 6.98. The van der Waals surface area contributed by atoms with Crippen molar-refractivity contribution in [1.82, 2.24) is 0 Å². The van der Waals surface area contributed by atoms with E-state index in [-0.39, 0.29) is 12.0 Å². The van der Waals surface area contributed by atoms with Gasteiger partial charge in [-0.1, -0.05) is 83.0 Å². The van der Waals surface area contributed by atoms with Crippen LogP contribution < -0.4 is 0 Å². The van der Waals surface area contributed by atoms with Gasteiger partial charge in [0.1, 0.15) is 0 Å². The van der Waals surface area contributed by atoms with E-state index in [9.17, 15) is 5.11 Å². The third-order valence-electron chi connectivity index (χ3n) is 6.18. The largest absolute Gasteiger partial charge is 0.396 e. The molecule has 0 bridgehead atoms. The molecule has 1 aromatic carbocycles. The fourth-order valence-corrected chi connectivity index (χ4v) is 3.20. The fraction of sp³-hybridized carbons (Fsp3) is 0.667. The summed E-state index contributed by atoms with van der Waals surface area (Å²) in [4.78, 5) is 0. The molecule has 0 radical (unpaired) electrons. The van der Waals surface area contributed by atoms with Crippen LogP contribution in [0.3, 0.4) is 0 Å². The molecular weight excluding hydrogens is 304 g/mol. The van der Waals surface area contributed by atoms with Crippen LogP contribution in [-0.2, 0) is 0 Å². The quantitative estimate of drug-likeness (QED) is 0.429. The highest BCUT2D eigenvalue weighted by Gasteiger charge is 2.24. The van der Waals surface area contributed by atoms with Gasteiger partial charge in [-0.15, -0.1) is 0 Å². The molecule has 25 heavy (non-hydrogen) atoms. The second-order valence-electron chi connectivity index (χ2n) is 8.72. The summed E-state index contributed by atoms with van der Waals surface area (Å²) < 4.78 is 0. The number of rotatable bonds is 11. The van der Waals surface area contributed by atoms with Gasteiger partial charge in [-0.2, -0.15) is 0 Å². The number of benzene rings is 1. The van der Waals surface area contributed by atoms with Crippen molar-refractivity contribution in [2.45, 2.75) is 79.6 Å². The van der Waals surface area contributed by atoms with E-state index in [1.165, 1.54) is 24.0 Å². The number of aliphatic hydroxyl groups excluding tert-OH is 1. The van der Waals surface area contributed by atoms with Gasteiger partial charge in [0.2, 0.25) is 0 Å². The van der Waals surface area contributed by atoms with Crippen molar-refractivity contribution >= 4 is 0 Å². The van der Waals surface area contributed by atoms with E-state index in [0.29, 0.717) is 11.8 Å². The van der Waals surface area contributed by atoms with Crippen LogP contribution in [0.25, 0.3) is 0 Å². The van der Waals surface area contributed by atoms with E-state index < -0.39 is 0 Å². The Morgan fingerprint density at radius 1 is 1.16 bits per heavy atom. The normalized spacial score (nSPS) is 16.5. The zero-order valence-corrected chi connectivity index (χ0v) is 17.4. The molecule has 1 N–H and O–H groups in total. The number of hydrogen-bond acceptors (Lipinski definition) is 1. The third-order valence-corrected chi connectivity index (χ3v) is 6.18. The molecular formula is C24H40O. The van der Waals surface area contributed by atoms with Crippen molar-refractivity contribution in [3.8, 4) is 0 Å². The zero-order chi connectivity index (χ0) is 18.9. The lowest BCUT2D eigenvalue weighted by molar-refractivity contribution is 0.123. The molecule has 0 saturated carbocycles. The molecule has 142 valence electrons. The lowest BCUT2D eigenvalue weighted by Crippen LogP contribution is -2.24. The molecule has 0 aliphatic heterocycles. The lowest BCUT2D eigenvalue weighted by Gasteiger charge is -2.30. The minimum absolute atomic E-state index is 0.194. The molecule has 0 spiro atoms. The summed E-state index contributed by atoms with van der Waals surface area (Å²) in [5.41, 5.74) is 3.16. The molecule has 0 heterocycles. The van der Waals surface area contributed by atoms with Crippen LogP contribution in [0.5, 0.6) is 0 Å². The molecule has 0 aromatic heterocycles. The summed E-state index contributed by atoms with van der Waals surface area (Å²) in [7, 11) is 0. The molecule has 0 amide bonds. The Bertz CT molecular complexity index is 500. The fourth-order valence-electron chi connectivity index (χ4n) is 3.20. The van der Waals surface area contributed by atoms with Gasteiger partial charge >= 0.3 is 0 Å². The minimum atomic E-state index is 0.194. The van der Waals surface area contributed by atoms with E-state index >= 15 is 0 Å². The average Bonchev–Trinajstić information content (AvgIpc) is 2.63. The van der Waals surface area contributed by atoms with Crippen molar-refractivity contribution in [2.24, 2.45) is 17.3 Å².